The zero-order valence-corrected chi connectivity index (χ0v) is 17.8. The minimum absolute atomic E-state index is 0.526. The summed E-state index contributed by atoms with van der Waals surface area (Å²) in [5.41, 5.74) is 3.32. The largest absolute Gasteiger partial charge is 0.468 e. The molecule has 3 heterocycles. The lowest BCUT2D eigenvalue weighted by Gasteiger charge is -2.19. The molecule has 8 nitrogen and oxygen atoms in total. The SMILES string of the molecule is CN=C(NCc1ccccc1CN(C)Cc1ccco1)NCc1nnc2ccccn12. The fourth-order valence-electron chi connectivity index (χ4n) is 3.47. The van der Waals surface area contributed by atoms with Crippen molar-refractivity contribution in [2.24, 2.45) is 4.99 Å². The van der Waals surface area contributed by atoms with Gasteiger partial charge in [-0.05, 0) is 42.4 Å². The van der Waals surface area contributed by atoms with Crippen molar-refractivity contribution in [2.75, 3.05) is 14.1 Å². The molecule has 2 N–H and O–H groups in total. The lowest BCUT2D eigenvalue weighted by Crippen LogP contribution is -2.37. The average Bonchev–Trinajstić information content (AvgIpc) is 3.45. The molecule has 1 aromatic carbocycles. The van der Waals surface area contributed by atoms with Gasteiger partial charge in [-0.15, -0.1) is 10.2 Å². The van der Waals surface area contributed by atoms with Crippen LogP contribution in [0.25, 0.3) is 5.65 Å². The van der Waals surface area contributed by atoms with Gasteiger partial charge in [0.15, 0.2) is 17.4 Å². The lowest BCUT2D eigenvalue weighted by atomic mass is 10.1. The van der Waals surface area contributed by atoms with E-state index >= 15 is 0 Å². The normalized spacial score (nSPS) is 11.9. The first-order chi connectivity index (χ1) is 15.2. The first-order valence-electron chi connectivity index (χ1n) is 10.2. The quantitative estimate of drug-likeness (QED) is 0.339. The maximum absolute atomic E-state index is 5.46. The van der Waals surface area contributed by atoms with E-state index in [-0.39, 0.29) is 0 Å². The number of hydrogen-bond acceptors (Lipinski definition) is 5. The second-order valence-corrected chi connectivity index (χ2v) is 7.34. The highest BCUT2D eigenvalue weighted by Crippen LogP contribution is 2.13. The van der Waals surface area contributed by atoms with Crippen LogP contribution in [0.4, 0.5) is 0 Å². The Morgan fingerprint density at radius 3 is 2.58 bits per heavy atom. The average molecular weight is 418 g/mol. The number of aromatic nitrogens is 3. The fourth-order valence-corrected chi connectivity index (χ4v) is 3.47. The van der Waals surface area contributed by atoms with Crippen LogP contribution < -0.4 is 10.6 Å². The molecule has 0 saturated carbocycles. The predicted octanol–water partition coefficient (Wildman–Crippen LogP) is 2.82. The second kappa shape index (κ2) is 9.90. The van der Waals surface area contributed by atoms with Crippen LogP contribution in [0.2, 0.25) is 0 Å². The Bertz CT molecular complexity index is 1130. The van der Waals surface area contributed by atoms with Crippen LogP contribution in [0.3, 0.4) is 0 Å². The topological polar surface area (TPSA) is 83.0 Å². The zero-order chi connectivity index (χ0) is 21.5. The molecule has 31 heavy (non-hydrogen) atoms. The third-order valence-corrected chi connectivity index (χ3v) is 5.03. The summed E-state index contributed by atoms with van der Waals surface area (Å²) in [4.78, 5) is 6.57. The molecule has 3 aromatic heterocycles. The van der Waals surface area contributed by atoms with Crippen molar-refractivity contribution >= 4 is 11.6 Å². The van der Waals surface area contributed by atoms with E-state index in [2.05, 4.69) is 62.0 Å². The van der Waals surface area contributed by atoms with Crippen LogP contribution in [0.1, 0.15) is 22.7 Å². The summed E-state index contributed by atoms with van der Waals surface area (Å²) in [5.74, 6) is 2.51. The van der Waals surface area contributed by atoms with E-state index in [1.807, 2.05) is 40.9 Å². The number of hydrogen-bond donors (Lipinski definition) is 2. The smallest absolute Gasteiger partial charge is 0.191 e. The molecule has 0 saturated heterocycles. The molecule has 0 fully saturated rings. The zero-order valence-electron chi connectivity index (χ0n) is 17.8. The summed E-state index contributed by atoms with van der Waals surface area (Å²) in [5, 5.41) is 15.2. The minimum atomic E-state index is 0.526. The van der Waals surface area contributed by atoms with E-state index in [4.69, 9.17) is 4.42 Å². The second-order valence-electron chi connectivity index (χ2n) is 7.34. The standard InChI is InChI=1S/C23H27N7O/c1-24-23(26-15-22-28-27-21-11-5-6-12-30(21)22)25-14-18-8-3-4-9-19(18)16-29(2)17-20-10-7-13-31-20/h3-13H,14-17H2,1-2H3,(H2,24,25,26). The fraction of sp³-hybridized carbons (Fsp3) is 0.261. The molecule has 0 atom stereocenters. The summed E-state index contributed by atoms with van der Waals surface area (Å²) in [6.07, 6.45) is 3.67. The maximum Gasteiger partial charge on any atom is 0.191 e. The molecule has 0 amide bonds. The molecule has 0 unspecified atom stereocenters. The maximum atomic E-state index is 5.46. The highest BCUT2D eigenvalue weighted by Gasteiger charge is 2.09. The van der Waals surface area contributed by atoms with Gasteiger partial charge in [-0.1, -0.05) is 30.3 Å². The van der Waals surface area contributed by atoms with E-state index in [0.29, 0.717) is 19.0 Å². The van der Waals surface area contributed by atoms with Crippen molar-refractivity contribution in [3.63, 3.8) is 0 Å². The van der Waals surface area contributed by atoms with Crippen molar-refractivity contribution < 1.29 is 4.42 Å². The summed E-state index contributed by atoms with van der Waals surface area (Å²) in [7, 11) is 3.86. The van der Waals surface area contributed by atoms with Gasteiger partial charge in [0.2, 0.25) is 0 Å². The van der Waals surface area contributed by atoms with Gasteiger partial charge >= 0.3 is 0 Å². The van der Waals surface area contributed by atoms with Crippen molar-refractivity contribution in [3.8, 4) is 0 Å². The van der Waals surface area contributed by atoms with E-state index in [9.17, 15) is 0 Å². The molecule has 160 valence electrons. The Morgan fingerprint density at radius 2 is 1.77 bits per heavy atom. The Balaban J connectivity index is 1.34. The molecular formula is C23H27N7O. The Morgan fingerprint density at radius 1 is 0.968 bits per heavy atom. The molecule has 4 rings (SSSR count). The molecular weight excluding hydrogens is 390 g/mol. The molecule has 0 aliphatic carbocycles. The molecule has 0 bridgehead atoms. The van der Waals surface area contributed by atoms with Gasteiger partial charge in [0.25, 0.3) is 0 Å². The van der Waals surface area contributed by atoms with Crippen molar-refractivity contribution in [1.29, 1.82) is 0 Å². The number of guanidine groups is 1. The van der Waals surface area contributed by atoms with Crippen molar-refractivity contribution in [3.05, 3.63) is 89.8 Å². The number of aliphatic imine (C=N–C) groups is 1. The minimum Gasteiger partial charge on any atom is -0.468 e. The molecule has 0 spiro atoms. The van der Waals surface area contributed by atoms with Crippen LogP contribution in [0, 0.1) is 0 Å². The Labute approximate surface area is 181 Å². The third-order valence-electron chi connectivity index (χ3n) is 5.03. The van der Waals surface area contributed by atoms with Gasteiger partial charge < -0.3 is 15.1 Å². The van der Waals surface area contributed by atoms with Crippen LogP contribution in [0.5, 0.6) is 0 Å². The number of nitrogens with one attached hydrogen (secondary N) is 2. The number of furan rings is 1. The van der Waals surface area contributed by atoms with Gasteiger partial charge in [0.05, 0.1) is 19.4 Å². The monoisotopic (exact) mass is 417 g/mol. The number of fused-ring (bicyclic) bond motifs is 1. The van der Waals surface area contributed by atoms with Gasteiger partial charge in [-0.3, -0.25) is 14.3 Å². The number of rotatable bonds is 8. The number of pyridine rings is 1. The molecule has 4 aromatic rings. The Kier molecular flexibility index (Phi) is 6.59. The van der Waals surface area contributed by atoms with Gasteiger partial charge in [-0.25, -0.2) is 0 Å². The van der Waals surface area contributed by atoms with Gasteiger partial charge in [0.1, 0.15) is 5.76 Å². The third kappa shape index (κ3) is 5.29. The van der Waals surface area contributed by atoms with Gasteiger partial charge in [-0.2, -0.15) is 0 Å². The first-order valence-corrected chi connectivity index (χ1v) is 10.2. The summed E-state index contributed by atoms with van der Waals surface area (Å²) >= 11 is 0. The highest BCUT2D eigenvalue weighted by atomic mass is 16.3. The molecule has 0 aliphatic rings. The highest BCUT2D eigenvalue weighted by molar-refractivity contribution is 5.79. The lowest BCUT2D eigenvalue weighted by molar-refractivity contribution is 0.287. The van der Waals surface area contributed by atoms with Crippen molar-refractivity contribution in [1.82, 2.24) is 30.1 Å². The summed E-state index contributed by atoms with van der Waals surface area (Å²) in [6.45, 7) is 2.80. The number of nitrogens with zero attached hydrogens (tertiary/aromatic N) is 5. The van der Waals surface area contributed by atoms with Crippen LogP contribution >= 0.6 is 0 Å². The molecule has 0 aliphatic heterocycles. The van der Waals surface area contributed by atoms with Crippen LogP contribution in [0.15, 0.2) is 76.5 Å². The van der Waals surface area contributed by atoms with Crippen LogP contribution in [-0.4, -0.2) is 39.6 Å². The molecule has 0 radical (unpaired) electrons. The van der Waals surface area contributed by atoms with Crippen LogP contribution in [-0.2, 0) is 26.2 Å². The van der Waals surface area contributed by atoms with Gasteiger partial charge in [0, 0.05) is 26.3 Å². The first kappa shape index (κ1) is 20.6. The van der Waals surface area contributed by atoms with E-state index in [0.717, 1.165) is 30.3 Å². The molecule has 8 heteroatoms. The summed E-state index contributed by atoms with van der Waals surface area (Å²) in [6, 6.07) is 18.2. The predicted molar refractivity (Wildman–Crippen MR) is 120 cm³/mol. The van der Waals surface area contributed by atoms with E-state index < -0.39 is 0 Å². The summed E-state index contributed by atoms with van der Waals surface area (Å²) < 4.78 is 7.42. The number of benzene rings is 1. The Hall–Kier alpha value is -3.65. The van der Waals surface area contributed by atoms with E-state index in [1.165, 1.54) is 11.1 Å². The van der Waals surface area contributed by atoms with E-state index in [1.54, 1.807) is 13.3 Å². The van der Waals surface area contributed by atoms with Crippen molar-refractivity contribution in [2.45, 2.75) is 26.2 Å².